The molecule has 2 aromatic rings. The minimum Gasteiger partial charge on any atom is -0.453 e. The van der Waals surface area contributed by atoms with Gasteiger partial charge < -0.3 is 15.0 Å². The molecule has 0 radical (unpaired) electrons. The Morgan fingerprint density at radius 3 is 2.19 bits per heavy atom. The van der Waals surface area contributed by atoms with Gasteiger partial charge in [-0.15, -0.1) is 0 Å². The van der Waals surface area contributed by atoms with Gasteiger partial charge in [-0.25, -0.2) is 4.79 Å². The molecule has 1 amide bonds. The Bertz CT molecular complexity index is 873. The van der Waals surface area contributed by atoms with Gasteiger partial charge in [0.15, 0.2) is 18.2 Å². The van der Waals surface area contributed by atoms with Crippen molar-refractivity contribution >= 4 is 29.1 Å². The number of rotatable bonds is 6. The van der Waals surface area contributed by atoms with E-state index in [9.17, 15) is 19.2 Å². The maximum atomic E-state index is 12.2. The molecule has 1 heterocycles. The van der Waals surface area contributed by atoms with Gasteiger partial charge >= 0.3 is 5.97 Å². The summed E-state index contributed by atoms with van der Waals surface area (Å²) >= 11 is 0. The van der Waals surface area contributed by atoms with Crippen LogP contribution < -0.4 is 5.32 Å². The van der Waals surface area contributed by atoms with E-state index in [4.69, 9.17) is 4.74 Å². The van der Waals surface area contributed by atoms with Crippen molar-refractivity contribution in [3.05, 3.63) is 53.3 Å². The molecule has 0 aliphatic rings. The van der Waals surface area contributed by atoms with Gasteiger partial charge in [-0.1, -0.05) is 20.8 Å². The molecular weight excluding hydrogens is 348 g/mol. The highest BCUT2D eigenvalue weighted by Gasteiger charge is 2.21. The lowest BCUT2D eigenvalue weighted by molar-refractivity contribution is -0.123. The van der Waals surface area contributed by atoms with Crippen LogP contribution in [-0.2, 0) is 9.53 Å². The average Bonchev–Trinajstić information content (AvgIpc) is 3.09. The second kappa shape index (κ2) is 7.99. The van der Waals surface area contributed by atoms with Gasteiger partial charge in [-0.05, 0) is 37.3 Å². The van der Waals surface area contributed by atoms with Gasteiger partial charge in [-0.3, -0.25) is 14.4 Å². The Morgan fingerprint density at radius 2 is 1.67 bits per heavy atom. The predicted octanol–water partition coefficient (Wildman–Crippen LogP) is 3.24. The first-order valence-electron chi connectivity index (χ1n) is 8.39. The molecule has 0 atom stereocenters. The predicted molar refractivity (Wildman–Crippen MR) is 99.9 cm³/mol. The zero-order valence-electron chi connectivity index (χ0n) is 15.7. The number of aromatic nitrogens is 1. The Labute approximate surface area is 157 Å². The fourth-order valence-corrected chi connectivity index (χ4v) is 2.07. The van der Waals surface area contributed by atoms with Crippen LogP contribution in [0.25, 0.3) is 0 Å². The van der Waals surface area contributed by atoms with Crippen molar-refractivity contribution in [3.63, 3.8) is 0 Å². The SMILES string of the molecule is CC(=O)c1c[nH]c(C(=O)OCC(=O)c2ccc(NC(=O)C(C)(C)C)cc2)c1. The monoisotopic (exact) mass is 370 g/mol. The largest absolute Gasteiger partial charge is 0.453 e. The molecule has 2 rings (SSSR count). The molecule has 27 heavy (non-hydrogen) atoms. The van der Waals surface area contributed by atoms with E-state index in [1.807, 2.05) is 0 Å². The minimum atomic E-state index is -0.718. The van der Waals surface area contributed by atoms with E-state index in [1.54, 1.807) is 45.0 Å². The second-order valence-electron chi connectivity index (χ2n) is 7.14. The number of esters is 1. The Morgan fingerprint density at radius 1 is 1.04 bits per heavy atom. The molecule has 0 saturated carbocycles. The maximum Gasteiger partial charge on any atom is 0.355 e. The summed E-state index contributed by atoms with van der Waals surface area (Å²) in [6.45, 7) is 6.37. The molecule has 0 spiro atoms. The summed E-state index contributed by atoms with van der Waals surface area (Å²) in [6.07, 6.45) is 1.41. The Hall–Kier alpha value is -3.22. The van der Waals surface area contributed by atoms with Crippen molar-refractivity contribution in [2.45, 2.75) is 27.7 Å². The number of benzene rings is 1. The van der Waals surface area contributed by atoms with Crippen molar-refractivity contribution in [3.8, 4) is 0 Å². The number of hydrogen-bond donors (Lipinski definition) is 2. The first-order chi connectivity index (χ1) is 12.6. The summed E-state index contributed by atoms with van der Waals surface area (Å²) in [4.78, 5) is 49.9. The molecule has 142 valence electrons. The first-order valence-corrected chi connectivity index (χ1v) is 8.39. The Kier molecular flexibility index (Phi) is 5.95. The quantitative estimate of drug-likeness (QED) is 0.600. The van der Waals surface area contributed by atoms with Gasteiger partial charge in [0.25, 0.3) is 0 Å². The molecule has 0 saturated heterocycles. The third kappa shape index (κ3) is 5.37. The normalized spacial score (nSPS) is 11.0. The van der Waals surface area contributed by atoms with Crippen molar-refractivity contribution < 1.29 is 23.9 Å². The standard InChI is InChI=1S/C20H22N2O5/c1-12(23)14-9-16(21-10-14)18(25)27-11-17(24)13-5-7-15(8-6-13)22-19(26)20(2,3)4/h5-10,21H,11H2,1-4H3,(H,22,26). The number of ether oxygens (including phenoxy) is 1. The zero-order valence-corrected chi connectivity index (χ0v) is 15.7. The molecule has 0 aliphatic heterocycles. The molecule has 0 aliphatic carbocycles. The number of carbonyl (C=O) groups excluding carboxylic acids is 4. The van der Waals surface area contributed by atoms with E-state index in [0.29, 0.717) is 16.8 Å². The zero-order chi connectivity index (χ0) is 20.2. The summed E-state index contributed by atoms with van der Waals surface area (Å²) in [5.74, 6) is -1.41. The second-order valence-corrected chi connectivity index (χ2v) is 7.14. The number of nitrogens with one attached hydrogen (secondary N) is 2. The number of H-pyrrole nitrogens is 1. The van der Waals surface area contributed by atoms with E-state index in [2.05, 4.69) is 10.3 Å². The van der Waals surface area contributed by atoms with Crippen LogP contribution in [0.15, 0.2) is 36.5 Å². The van der Waals surface area contributed by atoms with Gasteiger partial charge in [0.2, 0.25) is 5.91 Å². The van der Waals surface area contributed by atoms with E-state index >= 15 is 0 Å². The number of anilines is 1. The first kappa shape index (κ1) is 20.1. The third-order valence-electron chi connectivity index (χ3n) is 3.79. The van der Waals surface area contributed by atoms with Crippen LogP contribution in [0.3, 0.4) is 0 Å². The number of Topliss-reactive ketones (excluding diaryl/α,β-unsaturated/α-hetero) is 2. The molecule has 1 aromatic heterocycles. The van der Waals surface area contributed by atoms with Crippen LogP contribution in [0.5, 0.6) is 0 Å². The van der Waals surface area contributed by atoms with Crippen LogP contribution in [0.2, 0.25) is 0 Å². The molecular formula is C20H22N2O5. The lowest BCUT2D eigenvalue weighted by Gasteiger charge is -2.17. The number of aromatic amines is 1. The number of carbonyl (C=O) groups is 4. The van der Waals surface area contributed by atoms with E-state index in [-0.39, 0.29) is 23.2 Å². The summed E-state index contributed by atoms with van der Waals surface area (Å²) in [7, 11) is 0. The highest BCUT2D eigenvalue weighted by Crippen LogP contribution is 2.18. The van der Waals surface area contributed by atoms with Crippen LogP contribution in [-0.4, -0.2) is 35.0 Å². The Balaban J connectivity index is 1.92. The minimum absolute atomic E-state index is 0.105. The van der Waals surface area contributed by atoms with Crippen molar-refractivity contribution in [2.75, 3.05) is 11.9 Å². The van der Waals surface area contributed by atoms with Crippen LogP contribution in [0.4, 0.5) is 5.69 Å². The smallest absolute Gasteiger partial charge is 0.355 e. The number of hydrogen-bond acceptors (Lipinski definition) is 5. The summed E-state index contributed by atoms with van der Waals surface area (Å²) < 4.78 is 4.98. The molecule has 7 heteroatoms. The molecule has 0 bridgehead atoms. The molecule has 0 fully saturated rings. The molecule has 2 N–H and O–H groups in total. The third-order valence-corrected chi connectivity index (χ3v) is 3.79. The fourth-order valence-electron chi connectivity index (χ4n) is 2.07. The van der Waals surface area contributed by atoms with E-state index < -0.39 is 18.0 Å². The van der Waals surface area contributed by atoms with Crippen LogP contribution in [0.1, 0.15) is 58.9 Å². The van der Waals surface area contributed by atoms with Gasteiger partial charge in [0.05, 0.1) is 0 Å². The lowest BCUT2D eigenvalue weighted by atomic mass is 9.95. The average molecular weight is 370 g/mol. The molecule has 0 unspecified atom stereocenters. The van der Waals surface area contributed by atoms with Crippen LogP contribution >= 0.6 is 0 Å². The molecule has 7 nitrogen and oxygen atoms in total. The number of ketones is 2. The fraction of sp³-hybridized carbons (Fsp3) is 0.300. The van der Waals surface area contributed by atoms with Crippen molar-refractivity contribution in [2.24, 2.45) is 5.41 Å². The van der Waals surface area contributed by atoms with E-state index in [1.165, 1.54) is 19.2 Å². The summed E-state index contributed by atoms with van der Waals surface area (Å²) in [5.41, 5.74) is 0.872. The van der Waals surface area contributed by atoms with Crippen LogP contribution in [0, 0.1) is 5.41 Å². The lowest BCUT2D eigenvalue weighted by Crippen LogP contribution is -2.27. The van der Waals surface area contributed by atoms with Gasteiger partial charge in [-0.2, -0.15) is 0 Å². The van der Waals surface area contributed by atoms with Crippen molar-refractivity contribution in [1.29, 1.82) is 0 Å². The summed E-state index contributed by atoms with van der Waals surface area (Å²) in [6, 6.07) is 7.71. The number of amides is 1. The highest BCUT2D eigenvalue weighted by atomic mass is 16.5. The van der Waals surface area contributed by atoms with Gasteiger partial charge in [0, 0.05) is 28.4 Å². The highest BCUT2D eigenvalue weighted by molar-refractivity contribution is 6.01. The van der Waals surface area contributed by atoms with Gasteiger partial charge in [0.1, 0.15) is 5.69 Å². The summed E-state index contributed by atoms with van der Waals surface area (Å²) in [5, 5.41) is 2.76. The topological polar surface area (TPSA) is 105 Å². The maximum absolute atomic E-state index is 12.2. The van der Waals surface area contributed by atoms with E-state index in [0.717, 1.165) is 0 Å². The molecule has 1 aromatic carbocycles. The van der Waals surface area contributed by atoms with Crippen molar-refractivity contribution in [1.82, 2.24) is 4.98 Å².